The molecule has 0 spiro atoms. The number of aryl methyl sites for hydroxylation is 1. The fourth-order valence-corrected chi connectivity index (χ4v) is 2.41. The molecule has 6 heteroatoms. The molecule has 1 amide bonds. The summed E-state index contributed by atoms with van der Waals surface area (Å²) in [6.45, 7) is 1.98. The van der Waals surface area contributed by atoms with Gasteiger partial charge in [0.15, 0.2) is 11.5 Å². The second kappa shape index (κ2) is 11.0. The van der Waals surface area contributed by atoms with Crippen LogP contribution in [0, 0.1) is 6.92 Å². The monoisotopic (exact) mass is 360 g/mol. The summed E-state index contributed by atoms with van der Waals surface area (Å²) >= 11 is 0. The predicted octanol–water partition coefficient (Wildman–Crippen LogP) is 2.32. The molecule has 0 aliphatic heterocycles. The maximum atomic E-state index is 10.9. The Morgan fingerprint density at radius 2 is 1.58 bits per heavy atom. The summed E-state index contributed by atoms with van der Waals surface area (Å²) in [6.07, 6.45) is 0.646. The maximum absolute atomic E-state index is 10.9. The van der Waals surface area contributed by atoms with Crippen LogP contribution >= 0.6 is 0 Å². The van der Waals surface area contributed by atoms with Gasteiger partial charge in [0.1, 0.15) is 0 Å². The molecule has 3 N–H and O–H groups in total. The molecule has 0 saturated heterocycles. The molecule has 26 heavy (non-hydrogen) atoms. The Bertz CT molecular complexity index is 664. The number of hydrogen-bond donors (Lipinski definition) is 2. The lowest BCUT2D eigenvalue weighted by Crippen LogP contribution is -2.40. The van der Waals surface area contributed by atoms with Gasteiger partial charge < -0.3 is 25.3 Å². The summed E-state index contributed by atoms with van der Waals surface area (Å²) in [5, 5.41) is 2.88. The first-order chi connectivity index (χ1) is 12.5. The number of primary amides is 1. The molecule has 0 heterocycles. The summed E-state index contributed by atoms with van der Waals surface area (Å²) in [4.78, 5) is 10.9. The van der Waals surface area contributed by atoms with Gasteiger partial charge in [-0.05, 0) is 43.7 Å². The van der Waals surface area contributed by atoms with Gasteiger partial charge in [-0.25, -0.2) is 0 Å². The Kier molecular flexibility index (Phi) is 9.01. The highest BCUT2D eigenvalue weighted by atomic mass is 16.5. The number of likely N-dealkylation sites (N-methyl/N-ethyl adjacent to an activating group) is 1. The van der Waals surface area contributed by atoms with Gasteiger partial charge in [0, 0.05) is 0 Å². The van der Waals surface area contributed by atoms with E-state index in [1.165, 1.54) is 0 Å². The molecule has 142 valence electrons. The minimum absolute atomic E-state index is 0.276. The van der Waals surface area contributed by atoms with Gasteiger partial charge in [-0.3, -0.25) is 4.79 Å². The average molecular weight is 360 g/mol. The van der Waals surface area contributed by atoms with Crippen LogP contribution < -0.4 is 25.3 Å². The molecule has 2 rings (SSSR count). The smallest absolute Gasteiger partial charge is 0.234 e. The lowest BCUT2D eigenvalue weighted by molar-refractivity contribution is -0.119. The van der Waals surface area contributed by atoms with Gasteiger partial charge in [0.05, 0.1) is 27.4 Å². The lowest BCUT2D eigenvalue weighted by atomic mass is 10.1. The number of nitrogens with two attached hydrogens (primary N) is 1. The fourth-order valence-electron chi connectivity index (χ4n) is 2.41. The van der Waals surface area contributed by atoms with Crippen molar-refractivity contribution < 1.29 is 19.0 Å². The number of methoxy groups -OCH3 is 3. The highest BCUT2D eigenvalue weighted by molar-refractivity contribution is 5.80. The van der Waals surface area contributed by atoms with Crippen molar-refractivity contribution in [2.24, 2.45) is 5.73 Å². The van der Waals surface area contributed by atoms with Crippen LogP contribution in [0.1, 0.15) is 11.1 Å². The number of ether oxygens (including phenoxy) is 3. The summed E-state index contributed by atoms with van der Waals surface area (Å²) in [7, 11) is 6.54. The van der Waals surface area contributed by atoms with Crippen molar-refractivity contribution in [3.05, 3.63) is 53.6 Å². The molecule has 0 bridgehead atoms. The van der Waals surface area contributed by atoms with Crippen LogP contribution in [0.3, 0.4) is 0 Å². The van der Waals surface area contributed by atoms with Crippen molar-refractivity contribution in [3.8, 4) is 17.2 Å². The highest BCUT2D eigenvalue weighted by Gasteiger charge is 2.12. The van der Waals surface area contributed by atoms with Crippen molar-refractivity contribution in [1.82, 2.24) is 5.32 Å². The van der Waals surface area contributed by atoms with Gasteiger partial charge in [-0.15, -0.1) is 0 Å². The number of hydrogen-bond acceptors (Lipinski definition) is 5. The largest absolute Gasteiger partial charge is 0.493 e. The first kappa shape index (κ1) is 21.3. The molecule has 0 saturated carbocycles. The van der Waals surface area contributed by atoms with Gasteiger partial charge in [-0.1, -0.05) is 30.3 Å². The molecule has 2 aromatic rings. The Morgan fingerprint density at radius 3 is 1.96 bits per heavy atom. The van der Waals surface area contributed by atoms with E-state index in [-0.39, 0.29) is 11.9 Å². The Labute approximate surface area is 155 Å². The molecule has 2 aromatic carbocycles. The lowest BCUT2D eigenvalue weighted by Gasteiger charge is -2.12. The minimum Gasteiger partial charge on any atom is -0.493 e. The standard InChI is InChI=1S/C10H14N2O.C10H14O3/c1-12-9(10(11)13)7-8-5-3-2-4-6-8;1-7-5-8(11-2)10(13-4)9(6-7)12-3/h2-6,9,12H,7H2,1H3,(H2,11,13);5-6H,1-4H3. The summed E-state index contributed by atoms with van der Waals surface area (Å²) in [5.41, 5.74) is 7.38. The van der Waals surface area contributed by atoms with Crippen LogP contribution in [-0.2, 0) is 11.2 Å². The zero-order chi connectivity index (χ0) is 19.5. The van der Waals surface area contributed by atoms with Crippen molar-refractivity contribution in [3.63, 3.8) is 0 Å². The molecule has 6 nitrogen and oxygen atoms in total. The Hall–Kier alpha value is -2.73. The molecular weight excluding hydrogens is 332 g/mol. The SMILES string of the molecule is CNC(Cc1ccccc1)C(N)=O.COc1cc(C)cc(OC)c1OC. The maximum Gasteiger partial charge on any atom is 0.234 e. The normalized spacial score (nSPS) is 11.0. The van der Waals surface area contributed by atoms with E-state index < -0.39 is 0 Å². The highest BCUT2D eigenvalue weighted by Crippen LogP contribution is 2.37. The first-order valence-corrected chi connectivity index (χ1v) is 8.23. The molecular formula is C20H28N2O4. The van der Waals surface area contributed by atoms with Crippen molar-refractivity contribution in [2.75, 3.05) is 28.4 Å². The topological polar surface area (TPSA) is 82.8 Å². The first-order valence-electron chi connectivity index (χ1n) is 8.23. The van der Waals surface area contributed by atoms with Gasteiger partial charge in [0.25, 0.3) is 0 Å². The van der Waals surface area contributed by atoms with Crippen molar-refractivity contribution in [2.45, 2.75) is 19.4 Å². The van der Waals surface area contributed by atoms with E-state index in [1.54, 1.807) is 28.4 Å². The van der Waals surface area contributed by atoms with Crippen LogP contribution in [0.15, 0.2) is 42.5 Å². The number of carbonyl (C=O) groups is 1. The predicted molar refractivity (Wildman–Crippen MR) is 103 cm³/mol. The fraction of sp³-hybridized carbons (Fsp3) is 0.350. The zero-order valence-electron chi connectivity index (χ0n) is 16.0. The second-order valence-electron chi connectivity index (χ2n) is 5.64. The number of rotatable bonds is 7. The van der Waals surface area contributed by atoms with Crippen LogP contribution in [0.25, 0.3) is 0 Å². The Morgan fingerprint density at radius 1 is 1.04 bits per heavy atom. The summed E-state index contributed by atoms with van der Waals surface area (Å²) in [6, 6.07) is 13.3. The number of amides is 1. The van der Waals surface area contributed by atoms with Gasteiger partial charge in [-0.2, -0.15) is 0 Å². The number of nitrogens with one attached hydrogen (secondary N) is 1. The quantitative estimate of drug-likeness (QED) is 0.792. The molecule has 0 aliphatic carbocycles. The number of carbonyl (C=O) groups excluding carboxylic acids is 1. The van der Waals surface area contributed by atoms with E-state index in [0.717, 1.165) is 11.1 Å². The third-order valence-corrected chi connectivity index (χ3v) is 3.78. The third kappa shape index (κ3) is 6.29. The van der Waals surface area contributed by atoms with Gasteiger partial charge >= 0.3 is 0 Å². The van der Waals surface area contributed by atoms with Crippen LogP contribution in [0.4, 0.5) is 0 Å². The van der Waals surface area contributed by atoms with Crippen LogP contribution in [-0.4, -0.2) is 40.3 Å². The van der Waals surface area contributed by atoms with Crippen LogP contribution in [0.2, 0.25) is 0 Å². The zero-order valence-corrected chi connectivity index (χ0v) is 16.0. The van der Waals surface area contributed by atoms with E-state index in [1.807, 2.05) is 49.4 Å². The molecule has 0 radical (unpaired) electrons. The molecule has 1 unspecified atom stereocenters. The summed E-state index contributed by atoms with van der Waals surface area (Å²) < 4.78 is 15.5. The minimum atomic E-state index is -0.314. The van der Waals surface area contributed by atoms with Gasteiger partial charge in [0.2, 0.25) is 11.7 Å². The van der Waals surface area contributed by atoms with Crippen LogP contribution in [0.5, 0.6) is 17.2 Å². The third-order valence-electron chi connectivity index (χ3n) is 3.78. The van der Waals surface area contributed by atoms with E-state index in [9.17, 15) is 4.79 Å². The van der Waals surface area contributed by atoms with E-state index in [4.69, 9.17) is 19.9 Å². The van der Waals surface area contributed by atoms with E-state index in [2.05, 4.69) is 5.32 Å². The Balaban J connectivity index is 0.000000260. The number of benzene rings is 2. The molecule has 0 aliphatic rings. The van der Waals surface area contributed by atoms with Crippen molar-refractivity contribution in [1.29, 1.82) is 0 Å². The second-order valence-corrected chi connectivity index (χ2v) is 5.64. The average Bonchev–Trinajstić information content (AvgIpc) is 2.66. The molecule has 0 fully saturated rings. The summed E-state index contributed by atoms with van der Waals surface area (Å²) in [5.74, 6) is 1.71. The van der Waals surface area contributed by atoms with E-state index in [0.29, 0.717) is 23.7 Å². The molecule has 0 aromatic heterocycles. The molecule has 1 atom stereocenters. The van der Waals surface area contributed by atoms with Crippen molar-refractivity contribution >= 4 is 5.91 Å². The van der Waals surface area contributed by atoms with E-state index >= 15 is 0 Å².